The van der Waals surface area contributed by atoms with Crippen LogP contribution < -0.4 is 0 Å². The average Bonchev–Trinajstić information content (AvgIpc) is 2.24. The number of benzene rings is 1. The van der Waals surface area contributed by atoms with Gasteiger partial charge in [0, 0.05) is 10.9 Å². The van der Waals surface area contributed by atoms with Gasteiger partial charge in [-0.1, -0.05) is 44.0 Å². The van der Waals surface area contributed by atoms with Gasteiger partial charge in [0.25, 0.3) is 0 Å². The zero-order valence-electron chi connectivity index (χ0n) is 10.0. The smallest absolute Gasteiger partial charge is 0.0408 e. The van der Waals surface area contributed by atoms with Gasteiger partial charge in [0.2, 0.25) is 0 Å². The molecule has 0 saturated heterocycles. The molecular weight excluding hydrogens is 239 g/mol. The molecule has 0 nitrogen and oxygen atoms in total. The lowest BCUT2D eigenvalue weighted by Crippen LogP contribution is -2.08. The summed E-state index contributed by atoms with van der Waals surface area (Å²) in [4.78, 5) is 0. The second kappa shape index (κ2) is 7.19. The molecule has 0 N–H and O–H groups in total. The molecule has 1 aromatic carbocycles. The molecule has 2 heteroatoms. The van der Waals surface area contributed by atoms with Crippen LogP contribution in [-0.2, 0) is 6.42 Å². The van der Waals surface area contributed by atoms with Crippen molar-refractivity contribution < 1.29 is 0 Å². The van der Waals surface area contributed by atoms with Crippen molar-refractivity contribution in [2.24, 2.45) is 11.8 Å². The predicted octanol–water partition coefficient (Wildman–Crippen LogP) is 5.17. The molecule has 0 bridgehead atoms. The number of hydrogen-bond donors (Lipinski definition) is 0. The molecule has 1 unspecified atom stereocenters. The number of halogens is 2. The molecule has 1 rings (SSSR count). The van der Waals surface area contributed by atoms with Gasteiger partial charge in [-0.05, 0) is 42.4 Å². The van der Waals surface area contributed by atoms with Crippen LogP contribution in [0.5, 0.6) is 0 Å². The Balaban J connectivity index is 2.49. The largest absolute Gasteiger partial charge is 0.126 e. The highest BCUT2D eigenvalue weighted by atomic mass is 35.5. The van der Waals surface area contributed by atoms with Crippen LogP contribution in [0.1, 0.15) is 32.3 Å². The summed E-state index contributed by atoms with van der Waals surface area (Å²) in [5, 5.41) is 0.815. The minimum Gasteiger partial charge on any atom is -0.126 e. The van der Waals surface area contributed by atoms with Crippen molar-refractivity contribution in [2.75, 3.05) is 5.88 Å². The molecule has 0 radical (unpaired) electrons. The second-order valence-corrected chi connectivity index (χ2v) is 5.57. The third-order valence-electron chi connectivity index (χ3n) is 2.78. The van der Waals surface area contributed by atoms with Gasteiger partial charge in [0.1, 0.15) is 0 Å². The van der Waals surface area contributed by atoms with Gasteiger partial charge < -0.3 is 0 Å². The van der Waals surface area contributed by atoms with Crippen molar-refractivity contribution in [1.82, 2.24) is 0 Å². The van der Waals surface area contributed by atoms with Crippen LogP contribution in [-0.4, -0.2) is 5.88 Å². The van der Waals surface area contributed by atoms with Crippen LogP contribution in [0.2, 0.25) is 5.02 Å². The van der Waals surface area contributed by atoms with Gasteiger partial charge in [-0.3, -0.25) is 0 Å². The molecule has 0 aromatic heterocycles. The quantitative estimate of drug-likeness (QED) is 0.618. The molecule has 0 aliphatic rings. The SMILES string of the molecule is CC(C)CCC(CCl)Cc1cccc(Cl)c1. The monoisotopic (exact) mass is 258 g/mol. The lowest BCUT2D eigenvalue weighted by molar-refractivity contribution is 0.452. The molecule has 1 atom stereocenters. The summed E-state index contributed by atoms with van der Waals surface area (Å²) < 4.78 is 0. The zero-order valence-corrected chi connectivity index (χ0v) is 11.6. The van der Waals surface area contributed by atoms with E-state index in [0.717, 1.165) is 23.2 Å². The van der Waals surface area contributed by atoms with E-state index in [9.17, 15) is 0 Å². The van der Waals surface area contributed by atoms with E-state index in [4.69, 9.17) is 23.2 Å². The maximum atomic E-state index is 6.01. The summed E-state index contributed by atoms with van der Waals surface area (Å²) in [6.07, 6.45) is 3.49. The van der Waals surface area contributed by atoms with E-state index in [1.165, 1.54) is 18.4 Å². The Bertz CT molecular complexity index is 307. The zero-order chi connectivity index (χ0) is 12.0. The molecule has 0 aliphatic carbocycles. The summed E-state index contributed by atoms with van der Waals surface area (Å²) in [7, 11) is 0. The Labute approximate surface area is 109 Å². The topological polar surface area (TPSA) is 0 Å². The third kappa shape index (κ3) is 5.23. The third-order valence-corrected chi connectivity index (χ3v) is 3.46. The highest BCUT2D eigenvalue weighted by molar-refractivity contribution is 6.30. The Morgan fingerprint density at radius 2 is 1.94 bits per heavy atom. The van der Waals surface area contributed by atoms with Gasteiger partial charge in [0.05, 0.1) is 0 Å². The van der Waals surface area contributed by atoms with Crippen LogP contribution in [0.15, 0.2) is 24.3 Å². The minimum atomic E-state index is 0.572. The maximum Gasteiger partial charge on any atom is 0.0408 e. The van der Waals surface area contributed by atoms with Crippen molar-refractivity contribution in [3.63, 3.8) is 0 Å². The summed E-state index contributed by atoms with van der Waals surface area (Å²) >= 11 is 12.0. The summed E-state index contributed by atoms with van der Waals surface area (Å²) in [6.45, 7) is 4.51. The van der Waals surface area contributed by atoms with Crippen LogP contribution in [0.4, 0.5) is 0 Å². The molecule has 16 heavy (non-hydrogen) atoms. The molecule has 1 aromatic rings. The fourth-order valence-electron chi connectivity index (χ4n) is 1.80. The molecule has 90 valence electrons. The molecule has 0 amide bonds. The normalized spacial score (nSPS) is 13.1. The molecule has 0 fully saturated rings. The second-order valence-electron chi connectivity index (χ2n) is 4.83. The fourth-order valence-corrected chi connectivity index (χ4v) is 2.28. The standard InChI is InChI=1S/C14H20Cl2/c1-11(2)6-7-13(10-15)8-12-4-3-5-14(16)9-12/h3-5,9,11,13H,6-8,10H2,1-2H3. The first-order valence-corrected chi connectivity index (χ1v) is 6.83. The predicted molar refractivity (Wildman–Crippen MR) is 73.4 cm³/mol. The fraction of sp³-hybridized carbons (Fsp3) is 0.571. The highest BCUT2D eigenvalue weighted by Crippen LogP contribution is 2.20. The molecular formula is C14H20Cl2. The Morgan fingerprint density at radius 3 is 2.50 bits per heavy atom. The molecule has 0 spiro atoms. The maximum absolute atomic E-state index is 6.01. The molecule has 0 heterocycles. The van der Waals surface area contributed by atoms with E-state index in [1.54, 1.807) is 0 Å². The minimum absolute atomic E-state index is 0.572. The summed E-state index contributed by atoms with van der Waals surface area (Å²) in [6, 6.07) is 8.08. The highest BCUT2D eigenvalue weighted by Gasteiger charge is 2.09. The van der Waals surface area contributed by atoms with Crippen LogP contribution in [0.3, 0.4) is 0 Å². The van der Waals surface area contributed by atoms with Gasteiger partial charge in [-0.15, -0.1) is 11.6 Å². The van der Waals surface area contributed by atoms with E-state index in [0.29, 0.717) is 5.92 Å². The van der Waals surface area contributed by atoms with Gasteiger partial charge in [-0.25, -0.2) is 0 Å². The summed E-state index contributed by atoms with van der Waals surface area (Å²) in [5.74, 6) is 2.06. The Hall–Kier alpha value is -0.200. The first kappa shape index (κ1) is 13.9. The lowest BCUT2D eigenvalue weighted by atomic mass is 9.93. The van der Waals surface area contributed by atoms with E-state index in [1.807, 2.05) is 18.2 Å². The van der Waals surface area contributed by atoms with E-state index >= 15 is 0 Å². The number of rotatable bonds is 6. The average molecular weight is 259 g/mol. The van der Waals surface area contributed by atoms with Crippen molar-refractivity contribution in [1.29, 1.82) is 0 Å². The summed E-state index contributed by atoms with van der Waals surface area (Å²) in [5.41, 5.74) is 1.29. The van der Waals surface area contributed by atoms with Crippen LogP contribution >= 0.6 is 23.2 Å². The lowest BCUT2D eigenvalue weighted by Gasteiger charge is -2.15. The Morgan fingerprint density at radius 1 is 1.19 bits per heavy atom. The van der Waals surface area contributed by atoms with Crippen LogP contribution in [0.25, 0.3) is 0 Å². The van der Waals surface area contributed by atoms with Gasteiger partial charge in [-0.2, -0.15) is 0 Å². The number of hydrogen-bond acceptors (Lipinski definition) is 0. The van der Waals surface area contributed by atoms with Crippen molar-refractivity contribution in [3.05, 3.63) is 34.9 Å². The molecule has 0 aliphatic heterocycles. The van der Waals surface area contributed by atoms with Gasteiger partial charge >= 0.3 is 0 Å². The first-order valence-electron chi connectivity index (χ1n) is 5.92. The van der Waals surface area contributed by atoms with Crippen molar-refractivity contribution in [2.45, 2.75) is 33.1 Å². The van der Waals surface area contributed by atoms with Crippen LogP contribution in [0, 0.1) is 11.8 Å². The van der Waals surface area contributed by atoms with Gasteiger partial charge in [0.15, 0.2) is 0 Å². The Kier molecular flexibility index (Phi) is 6.23. The first-order chi connectivity index (χ1) is 7.61. The van der Waals surface area contributed by atoms with E-state index < -0.39 is 0 Å². The number of alkyl halides is 1. The van der Waals surface area contributed by atoms with E-state index in [2.05, 4.69) is 19.9 Å². The molecule has 0 saturated carbocycles. The van der Waals surface area contributed by atoms with Crippen molar-refractivity contribution in [3.8, 4) is 0 Å². The van der Waals surface area contributed by atoms with E-state index in [-0.39, 0.29) is 0 Å². The van der Waals surface area contributed by atoms with Crippen molar-refractivity contribution >= 4 is 23.2 Å².